The predicted molar refractivity (Wildman–Crippen MR) is 144 cm³/mol. The zero-order valence-electron chi connectivity index (χ0n) is 20.0. The van der Waals surface area contributed by atoms with E-state index in [1.54, 1.807) is 48.7 Å². The number of aromatic nitrogens is 5. The summed E-state index contributed by atoms with van der Waals surface area (Å²) in [5.74, 6) is -0.608. The standard InChI is InChI=1S/C29H20N6O3/c36-26(34-14-13-30-18-34)17-25-29(38)35(27-24(33-25)9-4-12-31-27)23-8-3-7-22(16-23)32-28(37)21-11-10-19-5-1-2-6-20(19)15-21/h1-16,18H,17H2,(H,32,37). The number of anilines is 1. The van der Waals surface area contributed by atoms with Gasteiger partial charge in [-0.05, 0) is 53.2 Å². The van der Waals surface area contributed by atoms with E-state index in [0.29, 0.717) is 28.1 Å². The Morgan fingerprint density at radius 1 is 0.868 bits per heavy atom. The lowest BCUT2D eigenvalue weighted by Crippen LogP contribution is -2.28. The first-order chi connectivity index (χ1) is 18.6. The number of amides is 1. The van der Waals surface area contributed by atoms with Crippen LogP contribution in [0.15, 0.2) is 109 Å². The predicted octanol–water partition coefficient (Wildman–Crippen LogP) is 4.27. The lowest BCUT2D eigenvalue weighted by atomic mass is 10.1. The van der Waals surface area contributed by atoms with Crippen LogP contribution >= 0.6 is 0 Å². The summed E-state index contributed by atoms with van der Waals surface area (Å²) in [6, 6.07) is 23.7. The van der Waals surface area contributed by atoms with E-state index in [4.69, 9.17) is 0 Å². The molecular formula is C29H20N6O3. The highest BCUT2D eigenvalue weighted by atomic mass is 16.2. The molecule has 6 rings (SSSR count). The first-order valence-electron chi connectivity index (χ1n) is 11.9. The number of pyridine rings is 1. The van der Waals surface area contributed by atoms with Crippen LogP contribution < -0.4 is 10.9 Å². The number of fused-ring (bicyclic) bond motifs is 2. The van der Waals surface area contributed by atoms with Gasteiger partial charge in [0.15, 0.2) is 5.65 Å². The topological polar surface area (TPSA) is 112 Å². The molecule has 0 saturated heterocycles. The molecule has 6 aromatic rings. The molecule has 184 valence electrons. The summed E-state index contributed by atoms with van der Waals surface area (Å²) in [7, 11) is 0. The SMILES string of the molecule is O=C(Nc1cccc(-n2c(=O)c(CC(=O)n3ccnc3)nc3cccnc32)c1)c1ccc2ccccc2c1. The van der Waals surface area contributed by atoms with Gasteiger partial charge in [0, 0.05) is 29.8 Å². The van der Waals surface area contributed by atoms with Crippen molar-refractivity contribution in [2.45, 2.75) is 6.42 Å². The minimum atomic E-state index is -0.470. The van der Waals surface area contributed by atoms with Gasteiger partial charge < -0.3 is 5.32 Å². The number of nitrogens with zero attached hydrogens (tertiary/aromatic N) is 5. The highest BCUT2D eigenvalue weighted by Gasteiger charge is 2.17. The third-order valence-electron chi connectivity index (χ3n) is 6.17. The second-order valence-electron chi connectivity index (χ2n) is 8.65. The number of hydrogen-bond acceptors (Lipinski definition) is 6. The van der Waals surface area contributed by atoms with Crippen molar-refractivity contribution in [3.05, 3.63) is 125 Å². The maximum Gasteiger partial charge on any atom is 0.279 e. The first kappa shape index (κ1) is 23.0. The summed E-state index contributed by atoms with van der Waals surface area (Å²) in [5, 5.41) is 4.92. The molecule has 3 aromatic carbocycles. The van der Waals surface area contributed by atoms with Crippen LogP contribution in [0.2, 0.25) is 0 Å². The zero-order valence-corrected chi connectivity index (χ0v) is 20.0. The van der Waals surface area contributed by atoms with Crippen molar-refractivity contribution >= 4 is 39.4 Å². The van der Waals surface area contributed by atoms with Gasteiger partial charge in [-0.2, -0.15) is 0 Å². The number of hydrogen-bond donors (Lipinski definition) is 1. The van der Waals surface area contributed by atoms with E-state index in [2.05, 4.69) is 20.3 Å². The fourth-order valence-corrected chi connectivity index (χ4v) is 4.32. The lowest BCUT2D eigenvalue weighted by molar-refractivity contribution is 0.0911. The first-order valence-corrected chi connectivity index (χ1v) is 11.9. The number of imidazole rings is 1. The van der Waals surface area contributed by atoms with Gasteiger partial charge >= 0.3 is 0 Å². The molecule has 0 fully saturated rings. The van der Waals surface area contributed by atoms with Crippen molar-refractivity contribution in [1.82, 2.24) is 24.1 Å². The molecule has 0 bridgehead atoms. The van der Waals surface area contributed by atoms with Crippen LogP contribution in [0.1, 0.15) is 20.8 Å². The maximum atomic E-state index is 13.6. The minimum Gasteiger partial charge on any atom is -0.322 e. The highest BCUT2D eigenvalue weighted by molar-refractivity contribution is 6.06. The fourth-order valence-electron chi connectivity index (χ4n) is 4.32. The average Bonchev–Trinajstić information content (AvgIpc) is 3.49. The molecule has 3 aromatic heterocycles. The third kappa shape index (κ3) is 4.33. The van der Waals surface area contributed by atoms with E-state index in [0.717, 1.165) is 10.8 Å². The molecule has 9 nitrogen and oxygen atoms in total. The molecule has 0 saturated carbocycles. The van der Waals surface area contributed by atoms with Gasteiger partial charge in [-0.15, -0.1) is 0 Å². The highest BCUT2D eigenvalue weighted by Crippen LogP contribution is 2.20. The molecule has 0 aliphatic heterocycles. The molecule has 0 spiro atoms. The van der Waals surface area contributed by atoms with Gasteiger partial charge in [-0.1, -0.05) is 36.4 Å². The van der Waals surface area contributed by atoms with Gasteiger partial charge in [-0.25, -0.2) is 15.0 Å². The Labute approximate surface area is 216 Å². The summed E-state index contributed by atoms with van der Waals surface area (Å²) < 4.78 is 2.71. The number of benzene rings is 3. The Hall–Kier alpha value is -5.44. The van der Waals surface area contributed by atoms with Crippen molar-refractivity contribution in [3.63, 3.8) is 0 Å². The van der Waals surface area contributed by atoms with Crippen LogP contribution in [-0.2, 0) is 6.42 Å². The van der Waals surface area contributed by atoms with Crippen LogP contribution in [-0.4, -0.2) is 35.9 Å². The Morgan fingerprint density at radius 3 is 2.58 bits per heavy atom. The van der Waals surface area contributed by atoms with Crippen LogP contribution in [0.25, 0.3) is 27.6 Å². The molecule has 3 heterocycles. The summed E-state index contributed by atoms with van der Waals surface area (Å²) in [6.45, 7) is 0. The summed E-state index contributed by atoms with van der Waals surface area (Å²) in [5.41, 5.74) is 1.92. The van der Waals surface area contributed by atoms with Crippen molar-refractivity contribution in [2.75, 3.05) is 5.32 Å². The second-order valence-corrected chi connectivity index (χ2v) is 8.65. The Kier molecular flexibility index (Phi) is 5.78. The maximum absolute atomic E-state index is 13.6. The van der Waals surface area contributed by atoms with Crippen molar-refractivity contribution in [1.29, 1.82) is 0 Å². The second kappa shape index (κ2) is 9.55. The number of carbonyl (C=O) groups is 2. The molecule has 0 aliphatic carbocycles. The molecule has 0 unspecified atom stereocenters. The molecule has 1 N–H and O–H groups in total. The zero-order chi connectivity index (χ0) is 26.1. The summed E-state index contributed by atoms with van der Waals surface area (Å²) in [4.78, 5) is 51.9. The third-order valence-corrected chi connectivity index (χ3v) is 6.17. The quantitative estimate of drug-likeness (QED) is 0.379. The lowest BCUT2D eigenvalue weighted by Gasteiger charge is -2.13. The Bertz CT molecular complexity index is 1890. The van der Waals surface area contributed by atoms with E-state index in [9.17, 15) is 14.4 Å². The molecular weight excluding hydrogens is 480 g/mol. The average molecular weight is 501 g/mol. The number of rotatable bonds is 5. The molecule has 0 aliphatic rings. The van der Waals surface area contributed by atoms with E-state index in [1.807, 2.05) is 36.4 Å². The number of carbonyl (C=O) groups excluding carboxylic acids is 2. The van der Waals surface area contributed by atoms with E-state index >= 15 is 0 Å². The van der Waals surface area contributed by atoms with Crippen LogP contribution in [0, 0.1) is 0 Å². The molecule has 0 radical (unpaired) electrons. The Balaban J connectivity index is 1.37. The van der Waals surface area contributed by atoms with Gasteiger partial charge in [0.1, 0.15) is 17.5 Å². The van der Waals surface area contributed by atoms with Crippen LogP contribution in [0.5, 0.6) is 0 Å². The van der Waals surface area contributed by atoms with Crippen molar-refractivity contribution in [2.24, 2.45) is 0 Å². The van der Waals surface area contributed by atoms with E-state index in [-0.39, 0.29) is 23.9 Å². The van der Waals surface area contributed by atoms with Crippen LogP contribution in [0.3, 0.4) is 0 Å². The molecule has 1 amide bonds. The van der Waals surface area contributed by atoms with Gasteiger partial charge in [0.25, 0.3) is 11.5 Å². The monoisotopic (exact) mass is 500 g/mol. The molecule has 9 heteroatoms. The van der Waals surface area contributed by atoms with Crippen molar-refractivity contribution in [3.8, 4) is 5.69 Å². The largest absolute Gasteiger partial charge is 0.322 e. The Morgan fingerprint density at radius 2 is 1.74 bits per heavy atom. The fraction of sp³-hybridized carbons (Fsp3) is 0.0345. The summed E-state index contributed by atoms with van der Waals surface area (Å²) in [6.07, 6.45) is 5.75. The van der Waals surface area contributed by atoms with Gasteiger partial charge in [-0.3, -0.25) is 23.5 Å². The van der Waals surface area contributed by atoms with E-state index < -0.39 is 5.56 Å². The minimum absolute atomic E-state index is 0.0785. The van der Waals surface area contributed by atoms with Crippen molar-refractivity contribution < 1.29 is 9.59 Å². The normalized spacial score (nSPS) is 11.1. The molecule has 0 atom stereocenters. The number of nitrogens with one attached hydrogen (secondary N) is 1. The smallest absolute Gasteiger partial charge is 0.279 e. The molecule has 38 heavy (non-hydrogen) atoms. The van der Waals surface area contributed by atoms with Crippen LogP contribution in [0.4, 0.5) is 5.69 Å². The van der Waals surface area contributed by atoms with Gasteiger partial charge in [0.2, 0.25) is 5.91 Å². The van der Waals surface area contributed by atoms with Gasteiger partial charge in [0.05, 0.1) is 12.1 Å². The summed E-state index contributed by atoms with van der Waals surface area (Å²) >= 11 is 0. The van der Waals surface area contributed by atoms with E-state index in [1.165, 1.54) is 27.9 Å².